The van der Waals surface area contributed by atoms with E-state index in [9.17, 15) is 0 Å². The van der Waals surface area contributed by atoms with Crippen LogP contribution in [-0.4, -0.2) is 19.1 Å². The summed E-state index contributed by atoms with van der Waals surface area (Å²) < 4.78 is 6.84. The van der Waals surface area contributed by atoms with Crippen molar-refractivity contribution in [3.8, 4) is 10.6 Å². The minimum Gasteiger partial charge on any atom is -0.272 e. The summed E-state index contributed by atoms with van der Waals surface area (Å²) in [7, 11) is 1.94. The predicted octanol–water partition coefficient (Wildman–Crippen LogP) is 2.16. The van der Waals surface area contributed by atoms with Gasteiger partial charge in [-0.3, -0.25) is 4.68 Å². The normalized spacial score (nSPS) is 10.9. The van der Waals surface area contributed by atoms with Gasteiger partial charge in [-0.2, -0.15) is 9.47 Å². The van der Waals surface area contributed by atoms with Gasteiger partial charge in [0, 0.05) is 35.3 Å². The Kier molecular flexibility index (Phi) is 2.56. The second-order valence-electron chi connectivity index (χ2n) is 3.04. The van der Waals surface area contributed by atoms with Crippen molar-refractivity contribution in [3.63, 3.8) is 0 Å². The highest BCUT2D eigenvalue weighted by molar-refractivity contribution is 14.1. The summed E-state index contributed by atoms with van der Waals surface area (Å²) in [5.41, 5.74) is 3.26. The summed E-state index contributed by atoms with van der Waals surface area (Å²) in [4.78, 5) is 4.36. The predicted molar refractivity (Wildman–Crippen MR) is 64.3 cm³/mol. The molecule has 0 aliphatic carbocycles. The van der Waals surface area contributed by atoms with Gasteiger partial charge in [-0.05, 0) is 25.4 Å². The molecule has 0 aliphatic rings. The molecule has 0 bridgehead atoms. The second-order valence-corrected chi connectivity index (χ2v) is 4.75. The molecule has 0 unspecified atom stereocenters. The second kappa shape index (κ2) is 3.58. The minimum atomic E-state index is 0.797. The first-order valence-corrected chi connectivity index (χ1v) is 5.94. The van der Waals surface area contributed by atoms with Crippen molar-refractivity contribution >= 4 is 34.1 Å². The van der Waals surface area contributed by atoms with Crippen molar-refractivity contribution in [2.75, 3.05) is 0 Å². The summed E-state index contributed by atoms with van der Waals surface area (Å²) in [6, 6.07) is 0. The Hall–Kier alpha value is -0.500. The zero-order chi connectivity index (χ0) is 10.3. The SMILES string of the molecule is Cc1nn(C)c(C)c1-c1nc(I)ns1. The third kappa shape index (κ3) is 1.56. The number of nitrogens with zero attached hydrogens (tertiary/aromatic N) is 4. The number of aryl methyl sites for hydroxylation is 2. The van der Waals surface area contributed by atoms with Gasteiger partial charge in [-0.15, -0.1) is 0 Å². The highest BCUT2D eigenvalue weighted by Gasteiger charge is 2.15. The van der Waals surface area contributed by atoms with Gasteiger partial charge in [-0.25, -0.2) is 4.98 Å². The first kappa shape index (κ1) is 10.0. The van der Waals surface area contributed by atoms with Gasteiger partial charge in [0.25, 0.3) is 0 Å². The van der Waals surface area contributed by atoms with E-state index in [1.807, 2.05) is 25.6 Å². The number of hydrogen-bond acceptors (Lipinski definition) is 4. The average Bonchev–Trinajstić information content (AvgIpc) is 2.60. The number of aromatic nitrogens is 4. The van der Waals surface area contributed by atoms with Crippen LogP contribution in [0.1, 0.15) is 11.4 Å². The van der Waals surface area contributed by atoms with E-state index in [1.54, 1.807) is 0 Å². The molecule has 0 atom stereocenters. The number of hydrogen-bond donors (Lipinski definition) is 0. The summed E-state index contributed by atoms with van der Waals surface area (Å²) in [6.45, 7) is 4.04. The zero-order valence-corrected chi connectivity index (χ0v) is 11.0. The molecule has 0 saturated carbocycles. The molecule has 74 valence electrons. The Bertz CT molecular complexity index is 474. The zero-order valence-electron chi connectivity index (χ0n) is 8.08. The van der Waals surface area contributed by atoms with Gasteiger partial charge in [-0.1, -0.05) is 0 Å². The topological polar surface area (TPSA) is 43.6 Å². The van der Waals surface area contributed by atoms with E-state index in [0.29, 0.717) is 0 Å². The lowest BCUT2D eigenvalue weighted by atomic mass is 10.2. The maximum Gasteiger partial charge on any atom is 0.203 e. The molecule has 2 heterocycles. The van der Waals surface area contributed by atoms with Gasteiger partial charge in [0.15, 0.2) is 0 Å². The fourth-order valence-electron chi connectivity index (χ4n) is 1.39. The van der Waals surface area contributed by atoms with Gasteiger partial charge in [0.2, 0.25) is 3.83 Å². The fourth-order valence-corrected chi connectivity index (χ4v) is 2.81. The maximum absolute atomic E-state index is 4.36. The minimum absolute atomic E-state index is 0.797. The number of halogens is 1. The van der Waals surface area contributed by atoms with Gasteiger partial charge in [0.1, 0.15) is 5.01 Å². The number of rotatable bonds is 1. The fraction of sp³-hybridized carbons (Fsp3) is 0.375. The van der Waals surface area contributed by atoms with Gasteiger partial charge < -0.3 is 0 Å². The first-order chi connectivity index (χ1) is 6.59. The summed E-state index contributed by atoms with van der Waals surface area (Å²) in [5, 5.41) is 5.31. The van der Waals surface area contributed by atoms with Crippen LogP contribution in [0.5, 0.6) is 0 Å². The van der Waals surface area contributed by atoms with Crippen molar-refractivity contribution in [3.05, 3.63) is 15.2 Å². The third-order valence-electron chi connectivity index (χ3n) is 2.12. The van der Waals surface area contributed by atoms with Crippen LogP contribution in [0, 0.1) is 17.7 Å². The van der Waals surface area contributed by atoms with E-state index in [0.717, 1.165) is 25.8 Å². The Morgan fingerprint density at radius 2 is 2.07 bits per heavy atom. The summed E-state index contributed by atoms with van der Waals surface area (Å²) in [6.07, 6.45) is 0. The molecule has 0 aliphatic heterocycles. The molecule has 0 N–H and O–H groups in total. The Balaban J connectivity index is 2.61. The monoisotopic (exact) mass is 320 g/mol. The van der Waals surface area contributed by atoms with Crippen LogP contribution in [0.15, 0.2) is 0 Å². The third-order valence-corrected chi connectivity index (χ3v) is 3.67. The van der Waals surface area contributed by atoms with Crippen LogP contribution in [0.25, 0.3) is 10.6 Å². The van der Waals surface area contributed by atoms with E-state index in [-0.39, 0.29) is 0 Å². The molecular weight excluding hydrogens is 311 g/mol. The van der Waals surface area contributed by atoms with Crippen LogP contribution in [0.4, 0.5) is 0 Å². The quantitative estimate of drug-likeness (QED) is 0.757. The smallest absolute Gasteiger partial charge is 0.203 e. The molecule has 0 radical (unpaired) electrons. The van der Waals surface area contributed by atoms with E-state index < -0.39 is 0 Å². The molecule has 0 amide bonds. The van der Waals surface area contributed by atoms with E-state index in [4.69, 9.17) is 0 Å². The van der Waals surface area contributed by atoms with Crippen LogP contribution in [-0.2, 0) is 7.05 Å². The van der Waals surface area contributed by atoms with Gasteiger partial charge >= 0.3 is 0 Å². The highest BCUT2D eigenvalue weighted by atomic mass is 127. The van der Waals surface area contributed by atoms with Crippen LogP contribution in [0.3, 0.4) is 0 Å². The molecule has 0 fully saturated rings. The van der Waals surface area contributed by atoms with E-state index >= 15 is 0 Å². The van der Waals surface area contributed by atoms with Crippen LogP contribution >= 0.6 is 34.1 Å². The molecule has 2 aromatic rings. The lowest BCUT2D eigenvalue weighted by Gasteiger charge is -1.95. The van der Waals surface area contributed by atoms with Crippen molar-refractivity contribution in [2.24, 2.45) is 7.05 Å². The lowest BCUT2D eigenvalue weighted by Crippen LogP contribution is -1.92. The highest BCUT2D eigenvalue weighted by Crippen LogP contribution is 2.27. The molecule has 0 saturated heterocycles. The van der Waals surface area contributed by atoms with Gasteiger partial charge in [0.05, 0.1) is 11.3 Å². The molecule has 2 rings (SSSR count). The molecule has 0 spiro atoms. The Morgan fingerprint density at radius 1 is 1.36 bits per heavy atom. The molecule has 0 aromatic carbocycles. The van der Waals surface area contributed by atoms with E-state index in [1.165, 1.54) is 11.5 Å². The summed E-state index contributed by atoms with van der Waals surface area (Å²) in [5.74, 6) is 0. The molecule has 4 nitrogen and oxygen atoms in total. The lowest BCUT2D eigenvalue weighted by molar-refractivity contribution is 0.731. The molecule has 14 heavy (non-hydrogen) atoms. The Morgan fingerprint density at radius 3 is 2.50 bits per heavy atom. The van der Waals surface area contributed by atoms with Crippen molar-refractivity contribution in [2.45, 2.75) is 13.8 Å². The standard InChI is InChI=1S/C8H9IN4S/c1-4-6(5(2)13(3)11-4)7-10-8(9)12-14-7/h1-3H3. The Labute approximate surface area is 99.7 Å². The van der Waals surface area contributed by atoms with Crippen LogP contribution < -0.4 is 0 Å². The maximum atomic E-state index is 4.36. The summed E-state index contributed by atoms with van der Waals surface area (Å²) >= 11 is 3.54. The van der Waals surface area contributed by atoms with Crippen LogP contribution in [0.2, 0.25) is 0 Å². The van der Waals surface area contributed by atoms with Crippen molar-refractivity contribution < 1.29 is 0 Å². The van der Waals surface area contributed by atoms with Crippen molar-refractivity contribution in [1.29, 1.82) is 0 Å². The first-order valence-electron chi connectivity index (χ1n) is 4.09. The largest absolute Gasteiger partial charge is 0.272 e. The molecule has 2 aromatic heterocycles. The molecular formula is C8H9IN4S. The average molecular weight is 320 g/mol. The molecule has 6 heteroatoms. The van der Waals surface area contributed by atoms with E-state index in [2.05, 4.69) is 37.0 Å². The van der Waals surface area contributed by atoms with Crippen molar-refractivity contribution in [1.82, 2.24) is 19.1 Å².